The lowest BCUT2D eigenvalue weighted by Crippen LogP contribution is -2.32. The van der Waals surface area contributed by atoms with Crippen LogP contribution in [0.1, 0.15) is 18.1 Å². The summed E-state index contributed by atoms with van der Waals surface area (Å²) >= 11 is 3.39. The van der Waals surface area contributed by atoms with Crippen LogP contribution in [0.3, 0.4) is 0 Å². The summed E-state index contributed by atoms with van der Waals surface area (Å²) in [6.45, 7) is 2.09. The van der Waals surface area contributed by atoms with E-state index in [2.05, 4.69) is 28.2 Å². The molecule has 1 N–H and O–H groups in total. The highest BCUT2D eigenvalue weighted by Crippen LogP contribution is 2.34. The summed E-state index contributed by atoms with van der Waals surface area (Å²) in [5, 5.41) is 3.19. The SMILES string of the molecule is CCc1ccc(NC2=C(c3ccccc3)C(=O)N(c3ccc(Br)cc3)C2=O)cc1. The van der Waals surface area contributed by atoms with Gasteiger partial charge in [-0.3, -0.25) is 9.59 Å². The predicted molar refractivity (Wildman–Crippen MR) is 119 cm³/mol. The molecule has 144 valence electrons. The molecule has 4 rings (SSSR count). The third-order valence-corrected chi connectivity index (χ3v) is 5.39. The molecule has 0 atom stereocenters. The first-order valence-corrected chi connectivity index (χ1v) is 10.2. The van der Waals surface area contributed by atoms with Gasteiger partial charge in [-0.25, -0.2) is 4.90 Å². The molecule has 0 bridgehead atoms. The lowest BCUT2D eigenvalue weighted by molar-refractivity contribution is -0.120. The van der Waals surface area contributed by atoms with E-state index in [0.717, 1.165) is 16.6 Å². The Morgan fingerprint density at radius 1 is 0.828 bits per heavy atom. The molecule has 0 saturated heterocycles. The number of benzene rings is 3. The zero-order valence-electron chi connectivity index (χ0n) is 15.9. The van der Waals surface area contributed by atoms with Gasteiger partial charge in [0.2, 0.25) is 0 Å². The Balaban J connectivity index is 1.77. The van der Waals surface area contributed by atoms with Crippen LogP contribution >= 0.6 is 15.9 Å². The van der Waals surface area contributed by atoms with Crippen LogP contribution in [0.5, 0.6) is 0 Å². The van der Waals surface area contributed by atoms with Crippen LogP contribution in [0.15, 0.2) is 89.0 Å². The fourth-order valence-electron chi connectivity index (χ4n) is 3.31. The van der Waals surface area contributed by atoms with E-state index in [1.54, 1.807) is 12.1 Å². The van der Waals surface area contributed by atoms with Gasteiger partial charge in [0.1, 0.15) is 5.70 Å². The quantitative estimate of drug-likeness (QED) is 0.533. The van der Waals surface area contributed by atoms with Crippen molar-refractivity contribution in [3.8, 4) is 0 Å². The Morgan fingerprint density at radius 2 is 1.48 bits per heavy atom. The van der Waals surface area contributed by atoms with Gasteiger partial charge in [0, 0.05) is 10.2 Å². The zero-order valence-corrected chi connectivity index (χ0v) is 17.4. The molecule has 2 amide bonds. The lowest BCUT2D eigenvalue weighted by Gasteiger charge is -2.15. The molecule has 1 aliphatic rings. The minimum absolute atomic E-state index is 0.286. The number of nitrogens with zero attached hydrogens (tertiary/aromatic N) is 1. The summed E-state index contributed by atoms with van der Waals surface area (Å²) in [5.41, 5.74) is 3.88. The average molecular weight is 447 g/mol. The number of carbonyl (C=O) groups excluding carboxylic acids is 2. The van der Waals surface area contributed by atoms with Gasteiger partial charge >= 0.3 is 0 Å². The van der Waals surface area contributed by atoms with E-state index >= 15 is 0 Å². The normalized spacial score (nSPS) is 13.9. The molecule has 0 aromatic heterocycles. The van der Waals surface area contributed by atoms with E-state index in [1.165, 1.54) is 10.5 Å². The third kappa shape index (κ3) is 3.74. The van der Waals surface area contributed by atoms with Crippen LogP contribution in [-0.4, -0.2) is 11.8 Å². The standard InChI is InChI=1S/C24H19BrN2O2/c1-2-16-8-12-19(13-9-16)26-22-21(17-6-4-3-5-7-17)23(28)27(24(22)29)20-14-10-18(25)11-15-20/h3-15,26H,2H2,1H3. The number of imide groups is 1. The largest absolute Gasteiger partial charge is 0.350 e. The molecule has 1 aliphatic heterocycles. The fourth-order valence-corrected chi connectivity index (χ4v) is 3.58. The minimum atomic E-state index is -0.365. The molecule has 0 saturated carbocycles. The van der Waals surface area contributed by atoms with Crippen molar-refractivity contribution in [3.63, 3.8) is 0 Å². The maximum Gasteiger partial charge on any atom is 0.282 e. The molecule has 0 spiro atoms. The number of halogens is 1. The van der Waals surface area contributed by atoms with E-state index in [9.17, 15) is 9.59 Å². The fraction of sp³-hybridized carbons (Fsp3) is 0.0833. The monoisotopic (exact) mass is 446 g/mol. The van der Waals surface area contributed by atoms with E-state index in [1.807, 2.05) is 66.7 Å². The van der Waals surface area contributed by atoms with Crippen molar-refractivity contribution in [2.45, 2.75) is 13.3 Å². The minimum Gasteiger partial charge on any atom is -0.350 e. The second kappa shape index (κ2) is 8.05. The van der Waals surface area contributed by atoms with Gasteiger partial charge < -0.3 is 5.32 Å². The summed E-state index contributed by atoms with van der Waals surface area (Å²) in [6, 6.07) is 24.3. The zero-order chi connectivity index (χ0) is 20.4. The summed E-state index contributed by atoms with van der Waals surface area (Å²) in [6.07, 6.45) is 0.938. The van der Waals surface area contributed by atoms with Crippen molar-refractivity contribution in [2.24, 2.45) is 0 Å². The van der Waals surface area contributed by atoms with E-state index in [4.69, 9.17) is 0 Å². The van der Waals surface area contributed by atoms with Crippen molar-refractivity contribution < 1.29 is 9.59 Å². The van der Waals surface area contributed by atoms with Crippen molar-refractivity contribution >= 4 is 44.7 Å². The molecule has 3 aromatic carbocycles. The van der Waals surface area contributed by atoms with Crippen molar-refractivity contribution in [1.82, 2.24) is 0 Å². The molecular formula is C24H19BrN2O2. The topological polar surface area (TPSA) is 49.4 Å². The van der Waals surface area contributed by atoms with Gasteiger partial charge in [0.25, 0.3) is 11.8 Å². The van der Waals surface area contributed by atoms with Gasteiger partial charge in [0.05, 0.1) is 11.3 Å². The summed E-state index contributed by atoms with van der Waals surface area (Å²) in [7, 11) is 0. The molecule has 0 unspecified atom stereocenters. The molecule has 0 radical (unpaired) electrons. The number of anilines is 2. The highest BCUT2D eigenvalue weighted by molar-refractivity contribution is 9.10. The highest BCUT2D eigenvalue weighted by Gasteiger charge is 2.40. The number of aryl methyl sites for hydroxylation is 1. The second-order valence-corrected chi connectivity index (χ2v) is 7.63. The Labute approximate surface area is 178 Å². The van der Waals surface area contributed by atoms with Crippen LogP contribution in [0.2, 0.25) is 0 Å². The molecule has 4 nitrogen and oxygen atoms in total. The number of carbonyl (C=O) groups is 2. The van der Waals surface area contributed by atoms with Crippen molar-refractivity contribution in [3.05, 3.63) is 100 Å². The predicted octanol–water partition coefficient (Wildman–Crippen LogP) is 5.41. The van der Waals surface area contributed by atoms with Gasteiger partial charge in [-0.1, -0.05) is 65.3 Å². The van der Waals surface area contributed by atoms with Gasteiger partial charge in [-0.15, -0.1) is 0 Å². The van der Waals surface area contributed by atoms with Crippen LogP contribution < -0.4 is 10.2 Å². The Hall–Kier alpha value is -3.18. The molecule has 1 heterocycles. The number of rotatable bonds is 5. The third-order valence-electron chi connectivity index (χ3n) is 4.86. The number of nitrogens with one attached hydrogen (secondary N) is 1. The molecular weight excluding hydrogens is 428 g/mol. The Kier molecular flexibility index (Phi) is 5.32. The second-order valence-electron chi connectivity index (χ2n) is 6.71. The first-order valence-electron chi connectivity index (χ1n) is 9.38. The highest BCUT2D eigenvalue weighted by atomic mass is 79.9. The first kappa shape index (κ1) is 19.2. The molecule has 0 fully saturated rings. The maximum atomic E-state index is 13.3. The number of hydrogen-bond donors (Lipinski definition) is 1. The molecule has 3 aromatic rings. The summed E-state index contributed by atoms with van der Waals surface area (Å²) in [5.74, 6) is -0.702. The van der Waals surface area contributed by atoms with Crippen LogP contribution in [0.25, 0.3) is 5.57 Å². The number of hydrogen-bond acceptors (Lipinski definition) is 3. The summed E-state index contributed by atoms with van der Waals surface area (Å²) in [4.78, 5) is 27.8. The smallest absolute Gasteiger partial charge is 0.282 e. The van der Waals surface area contributed by atoms with Crippen LogP contribution in [0, 0.1) is 0 Å². The van der Waals surface area contributed by atoms with E-state index in [-0.39, 0.29) is 17.5 Å². The van der Waals surface area contributed by atoms with Crippen molar-refractivity contribution in [2.75, 3.05) is 10.2 Å². The van der Waals surface area contributed by atoms with Gasteiger partial charge in [-0.2, -0.15) is 0 Å². The Bertz CT molecular complexity index is 1090. The molecule has 29 heavy (non-hydrogen) atoms. The first-order chi connectivity index (χ1) is 14.1. The van der Waals surface area contributed by atoms with Gasteiger partial charge in [-0.05, 0) is 53.9 Å². The molecule has 0 aliphatic carbocycles. The van der Waals surface area contributed by atoms with E-state index < -0.39 is 0 Å². The molecule has 5 heteroatoms. The van der Waals surface area contributed by atoms with Gasteiger partial charge in [0.15, 0.2) is 0 Å². The Morgan fingerprint density at radius 3 is 2.10 bits per heavy atom. The van der Waals surface area contributed by atoms with Crippen LogP contribution in [0.4, 0.5) is 11.4 Å². The van der Waals surface area contributed by atoms with E-state index in [0.29, 0.717) is 16.8 Å². The maximum absolute atomic E-state index is 13.3. The average Bonchev–Trinajstić information content (AvgIpc) is 2.99. The van der Waals surface area contributed by atoms with Crippen molar-refractivity contribution in [1.29, 1.82) is 0 Å². The summed E-state index contributed by atoms with van der Waals surface area (Å²) < 4.78 is 0.881. The lowest BCUT2D eigenvalue weighted by atomic mass is 10.0. The number of amides is 2. The van der Waals surface area contributed by atoms with Crippen LogP contribution in [-0.2, 0) is 16.0 Å².